The van der Waals surface area contributed by atoms with E-state index in [1.807, 2.05) is 42.2 Å². The molecule has 0 saturated carbocycles. The van der Waals surface area contributed by atoms with E-state index in [0.717, 1.165) is 42.1 Å². The first-order valence-electron chi connectivity index (χ1n) is 10.3. The molecule has 30 heavy (non-hydrogen) atoms. The number of amides is 1. The maximum Gasteiger partial charge on any atom is 0.264 e. The van der Waals surface area contributed by atoms with E-state index in [4.69, 9.17) is 9.26 Å². The second kappa shape index (κ2) is 8.29. The Balaban J connectivity index is 1.18. The smallest absolute Gasteiger partial charge is 0.264 e. The molecule has 1 saturated heterocycles. The zero-order chi connectivity index (χ0) is 20.5. The van der Waals surface area contributed by atoms with Crippen molar-refractivity contribution in [1.29, 1.82) is 0 Å². The molecule has 0 spiro atoms. The molecule has 3 aromatic rings. The van der Waals surface area contributed by atoms with E-state index in [1.165, 1.54) is 10.4 Å². The van der Waals surface area contributed by atoms with Gasteiger partial charge in [0, 0.05) is 43.0 Å². The monoisotopic (exact) mass is 424 g/mol. The number of benzene rings is 1. The van der Waals surface area contributed by atoms with Crippen LogP contribution in [0.1, 0.15) is 31.6 Å². The third-order valence-corrected chi connectivity index (χ3v) is 6.94. The first-order chi connectivity index (χ1) is 14.7. The molecule has 2 aromatic heterocycles. The number of hydrogen-bond acceptors (Lipinski definition) is 7. The average Bonchev–Trinajstić information content (AvgIpc) is 3.41. The van der Waals surface area contributed by atoms with Crippen molar-refractivity contribution in [2.45, 2.75) is 26.5 Å². The molecular weight excluding hydrogens is 400 g/mol. The number of nitrogens with zero attached hydrogens (tertiary/aromatic N) is 4. The van der Waals surface area contributed by atoms with Crippen LogP contribution in [-0.2, 0) is 24.3 Å². The van der Waals surface area contributed by atoms with Crippen LogP contribution in [0, 0.1) is 6.92 Å². The van der Waals surface area contributed by atoms with Crippen LogP contribution in [0.25, 0.3) is 11.4 Å². The molecule has 0 unspecified atom stereocenters. The van der Waals surface area contributed by atoms with E-state index in [1.54, 1.807) is 11.3 Å². The summed E-state index contributed by atoms with van der Waals surface area (Å²) < 4.78 is 11.0. The molecular formula is C22H24N4O3S. The molecule has 0 N–H and O–H groups in total. The number of carbonyl (C=O) groups excluding carboxylic acids is 1. The van der Waals surface area contributed by atoms with Crippen LogP contribution in [0.2, 0.25) is 0 Å². The van der Waals surface area contributed by atoms with Gasteiger partial charge in [-0.2, -0.15) is 4.98 Å². The molecule has 0 bridgehead atoms. The first-order valence-corrected chi connectivity index (χ1v) is 11.1. The van der Waals surface area contributed by atoms with E-state index >= 15 is 0 Å². The fourth-order valence-corrected chi connectivity index (χ4v) is 5.08. The number of aromatic nitrogens is 2. The van der Waals surface area contributed by atoms with Crippen LogP contribution in [0.4, 0.5) is 0 Å². The summed E-state index contributed by atoms with van der Waals surface area (Å²) in [5, 5.41) is 4.14. The van der Waals surface area contributed by atoms with Crippen molar-refractivity contribution in [3.8, 4) is 11.4 Å². The van der Waals surface area contributed by atoms with Crippen molar-refractivity contribution < 1.29 is 14.1 Å². The van der Waals surface area contributed by atoms with Crippen LogP contribution < -0.4 is 0 Å². The second-order valence-corrected chi connectivity index (χ2v) is 8.89. The van der Waals surface area contributed by atoms with Crippen molar-refractivity contribution in [2.75, 3.05) is 32.8 Å². The summed E-state index contributed by atoms with van der Waals surface area (Å²) in [6, 6.07) is 10.0. The van der Waals surface area contributed by atoms with Crippen LogP contribution in [-0.4, -0.2) is 58.6 Å². The van der Waals surface area contributed by atoms with Gasteiger partial charge in [-0.15, -0.1) is 11.3 Å². The lowest BCUT2D eigenvalue weighted by Gasteiger charge is -2.33. The lowest BCUT2D eigenvalue weighted by molar-refractivity contribution is 0.0619. The number of ether oxygens (including phenoxy) is 1. The predicted octanol–water partition coefficient (Wildman–Crippen LogP) is 3.14. The SMILES string of the molecule is Cc1ccccc1-c1noc(CN2CCN(C(=O)c3cc4c(s3)CCOC4)CC2)n1. The molecule has 5 rings (SSSR count). The number of aryl methyl sites for hydroxylation is 1. The standard InChI is InChI=1S/C22H24N4O3S/c1-15-4-2-3-5-17(15)21-23-20(29-24-21)13-25-7-9-26(10-8-25)22(27)19-12-16-14-28-11-6-18(16)30-19/h2-5,12H,6-11,13-14H2,1H3. The number of hydrogen-bond donors (Lipinski definition) is 0. The minimum atomic E-state index is 0.133. The van der Waals surface area contributed by atoms with Gasteiger partial charge >= 0.3 is 0 Å². The van der Waals surface area contributed by atoms with Crippen molar-refractivity contribution in [2.24, 2.45) is 0 Å². The highest BCUT2D eigenvalue weighted by molar-refractivity contribution is 7.14. The predicted molar refractivity (Wildman–Crippen MR) is 113 cm³/mol. The van der Waals surface area contributed by atoms with E-state index in [2.05, 4.69) is 15.0 Å². The molecule has 0 radical (unpaired) electrons. The molecule has 8 heteroatoms. The number of thiophene rings is 1. The van der Waals surface area contributed by atoms with Gasteiger partial charge in [0.15, 0.2) is 0 Å². The van der Waals surface area contributed by atoms with Crippen LogP contribution in [0.3, 0.4) is 0 Å². The number of carbonyl (C=O) groups is 1. The van der Waals surface area contributed by atoms with E-state index in [-0.39, 0.29) is 5.91 Å². The fourth-order valence-electron chi connectivity index (χ4n) is 3.96. The molecule has 4 heterocycles. The van der Waals surface area contributed by atoms with Gasteiger partial charge in [0.2, 0.25) is 11.7 Å². The third kappa shape index (κ3) is 3.90. The van der Waals surface area contributed by atoms with Gasteiger partial charge in [-0.3, -0.25) is 9.69 Å². The summed E-state index contributed by atoms with van der Waals surface area (Å²) in [4.78, 5) is 23.8. The number of fused-ring (bicyclic) bond motifs is 1. The Kier molecular flexibility index (Phi) is 5.37. The summed E-state index contributed by atoms with van der Waals surface area (Å²) in [6.45, 7) is 7.02. The molecule has 0 aliphatic carbocycles. The molecule has 156 valence electrons. The zero-order valence-electron chi connectivity index (χ0n) is 17.0. The van der Waals surface area contributed by atoms with Crippen molar-refractivity contribution >= 4 is 17.2 Å². The van der Waals surface area contributed by atoms with Crippen LogP contribution >= 0.6 is 11.3 Å². The Hall–Kier alpha value is -2.55. The highest BCUT2D eigenvalue weighted by atomic mass is 32.1. The van der Waals surface area contributed by atoms with E-state index < -0.39 is 0 Å². The summed E-state index contributed by atoms with van der Waals surface area (Å²) in [6.07, 6.45) is 0.912. The fraction of sp³-hybridized carbons (Fsp3) is 0.409. The lowest BCUT2D eigenvalue weighted by Crippen LogP contribution is -2.48. The average molecular weight is 425 g/mol. The topological polar surface area (TPSA) is 71.7 Å². The third-order valence-electron chi connectivity index (χ3n) is 5.71. The van der Waals surface area contributed by atoms with Gasteiger partial charge in [-0.1, -0.05) is 29.4 Å². The highest BCUT2D eigenvalue weighted by Gasteiger charge is 2.26. The van der Waals surface area contributed by atoms with Gasteiger partial charge in [0.25, 0.3) is 5.91 Å². The Labute approximate surface area is 179 Å². The molecule has 1 fully saturated rings. The summed E-state index contributed by atoms with van der Waals surface area (Å²) >= 11 is 1.62. The van der Waals surface area contributed by atoms with Crippen LogP contribution in [0.5, 0.6) is 0 Å². The minimum absolute atomic E-state index is 0.133. The van der Waals surface area contributed by atoms with Crippen molar-refractivity contribution in [3.63, 3.8) is 0 Å². The van der Waals surface area contributed by atoms with E-state index in [9.17, 15) is 4.79 Å². The van der Waals surface area contributed by atoms with Gasteiger partial charge < -0.3 is 14.2 Å². The molecule has 1 aromatic carbocycles. The van der Waals surface area contributed by atoms with Gasteiger partial charge in [0.05, 0.1) is 24.6 Å². The van der Waals surface area contributed by atoms with Crippen LogP contribution in [0.15, 0.2) is 34.9 Å². The van der Waals surface area contributed by atoms with Gasteiger partial charge in [-0.25, -0.2) is 0 Å². The van der Waals surface area contributed by atoms with Crippen molar-refractivity contribution in [1.82, 2.24) is 19.9 Å². The summed E-state index contributed by atoms with van der Waals surface area (Å²) in [7, 11) is 0. The normalized spacial score (nSPS) is 17.2. The molecule has 7 nitrogen and oxygen atoms in total. The number of piperazine rings is 1. The highest BCUT2D eigenvalue weighted by Crippen LogP contribution is 2.28. The minimum Gasteiger partial charge on any atom is -0.376 e. The molecule has 2 aliphatic rings. The Bertz CT molecular complexity index is 1030. The Morgan fingerprint density at radius 3 is 2.83 bits per heavy atom. The zero-order valence-corrected chi connectivity index (χ0v) is 17.8. The quantitative estimate of drug-likeness (QED) is 0.641. The molecule has 1 amide bonds. The maximum absolute atomic E-state index is 12.9. The summed E-state index contributed by atoms with van der Waals surface area (Å²) in [5.41, 5.74) is 3.29. The van der Waals surface area contributed by atoms with Gasteiger partial charge in [0.1, 0.15) is 0 Å². The Morgan fingerprint density at radius 1 is 1.20 bits per heavy atom. The van der Waals surface area contributed by atoms with Gasteiger partial charge in [-0.05, 0) is 24.1 Å². The van der Waals surface area contributed by atoms with Crippen molar-refractivity contribution in [3.05, 3.63) is 57.1 Å². The van der Waals surface area contributed by atoms with E-state index in [0.29, 0.717) is 38.0 Å². The first kappa shape index (κ1) is 19.4. The Morgan fingerprint density at radius 2 is 2.03 bits per heavy atom. The largest absolute Gasteiger partial charge is 0.376 e. The summed E-state index contributed by atoms with van der Waals surface area (Å²) in [5.74, 6) is 1.37. The molecule has 0 atom stereocenters. The number of rotatable bonds is 4. The maximum atomic E-state index is 12.9. The lowest BCUT2D eigenvalue weighted by atomic mass is 10.1. The second-order valence-electron chi connectivity index (χ2n) is 7.76. The molecule has 2 aliphatic heterocycles.